The molecule has 0 saturated carbocycles. The van der Waals surface area contributed by atoms with Crippen molar-refractivity contribution in [3.05, 3.63) is 97.4 Å². The SMILES string of the molecule is Cc1ccc(N=Nc2ccc(O)c(/C=C3\SC(=O)N(Cc4ccc([N+](=O)[O-])cc4)C3=O)c2)cc1Cl. The molecule has 0 spiro atoms. The highest BCUT2D eigenvalue weighted by Crippen LogP contribution is 2.36. The van der Waals surface area contributed by atoms with Crippen molar-refractivity contribution in [2.24, 2.45) is 10.2 Å². The van der Waals surface area contributed by atoms with Crippen LogP contribution < -0.4 is 0 Å². The number of aryl methyl sites for hydroxylation is 1. The number of azo groups is 1. The number of amides is 2. The summed E-state index contributed by atoms with van der Waals surface area (Å²) in [6.45, 7) is 1.85. The Labute approximate surface area is 208 Å². The predicted molar refractivity (Wildman–Crippen MR) is 133 cm³/mol. The first-order valence-corrected chi connectivity index (χ1v) is 11.4. The van der Waals surface area contributed by atoms with Gasteiger partial charge in [0.1, 0.15) is 5.75 Å². The maximum atomic E-state index is 12.8. The lowest BCUT2D eigenvalue weighted by Crippen LogP contribution is -2.27. The van der Waals surface area contributed by atoms with Gasteiger partial charge in [0.15, 0.2) is 0 Å². The number of nitro groups is 1. The maximum absolute atomic E-state index is 12.8. The summed E-state index contributed by atoms with van der Waals surface area (Å²) in [7, 11) is 0. The summed E-state index contributed by atoms with van der Waals surface area (Å²) in [4.78, 5) is 36.7. The summed E-state index contributed by atoms with van der Waals surface area (Å²) in [5, 5.41) is 29.5. The normalized spacial score (nSPS) is 14.9. The molecule has 2 amide bonds. The third-order valence-electron chi connectivity index (χ3n) is 5.10. The number of aromatic hydroxyl groups is 1. The summed E-state index contributed by atoms with van der Waals surface area (Å²) in [5.74, 6) is -0.622. The zero-order valence-electron chi connectivity index (χ0n) is 18.2. The van der Waals surface area contributed by atoms with E-state index in [-0.39, 0.29) is 22.9 Å². The minimum Gasteiger partial charge on any atom is -0.507 e. The molecule has 3 aromatic carbocycles. The van der Waals surface area contributed by atoms with E-state index >= 15 is 0 Å². The number of non-ortho nitro benzene ring substituents is 1. The maximum Gasteiger partial charge on any atom is 0.293 e. The zero-order valence-corrected chi connectivity index (χ0v) is 19.8. The molecule has 1 heterocycles. The number of imide groups is 1. The van der Waals surface area contributed by atoms with Crippen LogP contribution >= 0.6 is 23.4 Å². The molecular formula is C24H17ClN4O5S. The summed E-state index contributed by atoms with van der Waals surface area (Å²) in [6.07, 6.45) is 1.41. The highest BCUT2D eigenvalue weighted by Gasteiger charge is 2.35. The van der Waals surface area contributed by atoms with Crippen LogP contribution in [0, 0.1) is 17.0 Å². The highest BCUT2D eigenvalue weighted by molar-refractivity contribution is 8.18. The lowest BCUT2D eigenvalue weighted by Gasteiger charge is -2.12. The second-order valence-electron chi connectivity index (χ2n) is 7.57. The molecule has 11 heteroatoms. The number of hydrogen-bond acceptors (Lipinski definition) is 8. The largest absolute Gasteiger partial charge is 0.507 e. The van der Waals surface area contributed by atoms with Crippen LogP contribution in [0.25, 0.3) is 6.08 Å². The van der Waals surface area contributed by atoms with Crippen molar-refractivity contribution in [2.75, 3.05) is 0 Å². The fraction of sp³-hybridized carbons (Fsp3) is 0.0833. The minimum atomic E-state index is -0.529. The first-order valence-electron chi connectivity index (χ1n) is 10.2. The first kappa shape index (κ1) is 24.1. The molecule has 3 aromatic rings. The molecule has 0 aromatic heterocycles. The highest BCUT2D eigenvalue weighted by atomic mass is 35.5. The molecule has 35 heavy (non-hydrogen) atoms. The monoisotopic (exact) mass is 508 g/mol. The average molecular weight is 509 g/mol. The van der Waals surface area contributed by atoms with E-state index in [1.807, 2.05) is 13.0 Å². The molecule has 1 aliphatic heterocycles. The van der Waals surface area contributed by atoms with E-state index in [1.165, 1.54) is 36.4 Å². The van der Waals surface area contributed by atoms with Gasteiger partial charge in [-0.3, -0.25) is 24.6 Å². The Kier molecular flexibility index (Phi) is 6.94. The number of phenols is 1. The molecule has 4 rings (SSSR count). The van der Waals surface area contributed by atoms with Crippen LogP contribution in [-0.4, -0.2) is 26.1 Å². The molecular weight excluding hydrogens is 492 g/mol. The number of carbonyl (C=O) groups is 2. The summed E-state index contributed by atoms with van der Waals surface area (Å²) < 4.78 is 0. The number of nitro benzene ring substituents is 1. The number of phenolic OH excluding ortho intramolecular Hbond substituents is 1. The number of hydrogen-bond donors (Lipinski definition) is 1. The van der Waals surface area contributed by atoms with Crippen molar-refractivity contribution in [3.8, 4) is 5.75 Å². The van der Waals surface area contributed by atoms with E-state index < -0.39 is 16.1 Å². The van der Waals surface area contributed by atoms with Crippen molar-refractivity contribution in [1.29, 1.82) is 0 Å². The van der Waals surface area contributed by atoms with Gasteiger partial charge in [-0.05, 0) is 66.2 Å². The van der Waals surface area contributed by atoms with Gasteiger partial charge >= 0.3 is 0 Å². The van der Waals surface area contributed by atoms with E-state index in [0.717, 1.165) is 22.2 Å². The molecule has 176 valence electrons. The van der Waals surface area contributed by atoms with E-state index in [0.29, 0.717) is 27.5 Å². The van der Waals surface area contributed by atoms with Crippen molar-refractivity contribution >= 4 is 57.6 Å². The van der Waals surface area contributed by atoms with Crippen molar-refractivity contribution < 1.29 is 19.6 Å². The number of benzene rings is 3. The number of rotatable bonds is 6. The van der Waals surface area contributed by atoms with Crippen LogP contribution in [0.15, 0.2) is 75.8 Å². The first-order chi connectivity index (χ1) is 16.7. The molecule has 0 aliphatic carbocycles. The number of thioether (sulfide) groups is 1. The minimum absolute atomic E-state index is 0.0284. The molecule has 0 radical (unpaired) electrons. The van der Waals surface area contributed by atoms with Gasteiger partial charge in [0, 0.05) is 22.7 Å². The average Bonchev–Trinajstić information content (AvgIpc) is 3.09. The van der Waals surface area contributed by atoms with Crippen LogP contribution in [0.1, 0.15) is 16.7 Å². The molecule has 1 fully saturated rings. The third kappa shape index (κ3) is 5.56. The van der Waals surface area contributed by atoms with Crippen molar-refractivity contribution in [1.82, 2.24) is 4.90 Å². The van der Waals surface area contributed by atoms with E-state index in [2.05, 4.69) is 10.2 Å². The molecule has 1 N–H and O–H groups in total. The summed E-state index contributed by atoms with van der Waals surface area (Å²) in [5.41, 5.74) is 2.68. The lowest BCUT2D eigenvalue weighted by molar-refractivity contribution is -0.384. The van der Waals surface area contributed by atoms with Gasteiger partial charge in [-0.1, -0.05) is 29.8 Å². The predicted octanol–water partition coefficient (Wildman–Crippen LogP) is 6.91. The Hall–Kier alpha value is -4.02. The van der Waals surface area contributed by atoms with E-state index in [1.54, 1.807) is 24.3 Å². The van der Waals surface area contributed by atoms with Crippen LogP contribution in [0.5, 0.6) is 5.75 Å². The number of nitrogens with zero attached hydrogens (tertiary/aromatic N) is 4. The topological polar surface area (TPSA) is 125 Å². The van der Waals surface area contributed by atoms with Crippen molar-refractivity contribution in [2.45, 2.75) is 13.5 Å². The Bertz CT molecular complexity index is 1410. The molecule has 0 atom stereocenters. The van der Waals surface area contributed by atoms with Gasteiger partial charge in [-0.25, -0.2) is 0 Å². The second-order valence-corrected chi connectivity index (χ2v) is 8.97. The second kappa shape index (κ2) is 10.1. The fourth-order valence-electron chi connectivity index (χ4n) is 3.16. The van der Waals surface area contributed by atoms with Gasteiger partial charge in [0.2, 0.25) is 0 Å². The molecule has 0 bridgehead atoms. The number of halogens is 1. The molecule has 1 saturated heterocycles. The van der Waals surface area contributed by atoms with Crippen LogP contribution in [0.3, 0.4) is 0 Å². The molecule has 1 aliphatic rings. The van der Waals surface area contributed by atoms with Gasteiger partial charge in [-0.2, -0.15) is 10.2 Å². The van der Waals surface area contributed by atoms with Gasteiger partial charge in [-0.15, -0.1) is 0 Å². The fourth-order valence-corrected chi connectivity index (χ4v) is 4.17. The van der Waals surface area contributed by atoms with Crippen molar-refractivity contribution in [3.63, 3.8) is 0 Å². The van der Waals surface area contributed by atoms with E-state index in [4.69, 9.17) is 11.6 Å². The number of carbonyl (C=O) groups excluding carboxylic acids is 2. The van der Waals surface area contributed by atoms with Gasteiger partial charge in [0.25, 0.3) is 16.8 Å². The Morgan fingerprint density at radius 1 is 1.06 bits per heavy atom. The lowest BCUT2D eigenvalue weighted by atomic mass is 10.1. The standard InChI is InChI=1S/C24H17ClN4O5S/c1-14-2-5-18(12-20(14)25)27-26-17-6-9-21(30)16(10-17)11-22-23(31)28(24(32)35-22)13-15-3-7-19(8-4-15)29(33)34/h2-12,30H,13H2,1H3/b22-11-,27-26?. The third-order valence-corrected chi connectivity index (χ3v) is 6.41. The summed E-state index contributed by atoms with van der Waals surface area (Å²) in [6, 6.07) is 15.4. The quantitative estimate of drug-likeness (QED) is 0.167. The van der Waals surface area contributed by atoms with Gasteiger partial charge < -0.3 is 5.11 Å². The summed E-state index contributed by atoms with van der Waals surface area (Å²) >= 11 is 6.85. The molecule has 9 nitrogen and oxygen atoms in total. The van der Waals surface area contributed by atoms with Crippen LogP contribution in [0.2, 0.25) is 5.02 Å². The Morgan fingerprint density at radius 3 is 2.37 bits per heavy atom. The Morgan fingerprint density at radius 2 is 1.71 bits per heavy atom. The van der Waals surface area contributed by atoms with Crippen LogP contribution in [0.4, 0.5) is 21.9 Å². The van der Waals surface area contributed by atoms with Gasteiger partial charge in [0.05, 0.1) is 27.7 Å². The van der Waals surface area contributed by atoms with Crippen LogP contribution in [-0.2, 0) is 11.3 Å². The smallest absolute Gasteiger partial charge is 0.293 e. The Balaban J connectivity index is 1.53. The van der Waals surface area contributed by atoms with E-state index in [9.17, 15) is 24.8 Å². The molecule has 0 unspecified atom stereocenters. The zero-order chi connectivity index (χ0) is 25.1.